The molecular formula is C13H22O2S. The Balaban J connectivity index is 1.72. The molecule has 4 fully saturated rings. The Hall–Kier alpha value is 0.270. The fourth-order valence-corrected chi connectivity index (χ4v) is 5.49. The summed E-state index contributed by atoms with van der Waals surface area (Å²) in [6.07, 6.45) is 2.42. The number of rotatable bonds is 1. The summed E-state index contributed by atoms with van der Waals surface area (Å²) in [7, 11) is 0. The van der Waals surface area contributed by atoms with Crippen molar-refractivity contribution >= 4 is 11.8 Å². The third-order valence-corrected chi connectivity index (χ3v) is 6.90. The first kappa shape index (κ1) is 11.4. The lowest BCUT2D eigenvalue weighted by Crippen LogP contribution is -2.59. The molecule has 6 atom stereocenters. The van der Waals surface area contributed by atoms with Crippen LogP contribution in [-0.2, 0) is 4.74 Å². The van der Waals surface area contributed by atoms with Crippen molar-refractivity contribution in [1.29, 1.82) is 0 Å². The van der Waals surface area contributed by atoms with Gasteiger partial charge in [-0.15, -0.1) is 11.8 Å². The molecule has 0 amide bonds. The maximum Gasteiger partial charge on any atom is 0.129 e. The van der Waals surface area contributed by atoms with Gasteiger partial charge in [-0.1, -0.05) is 13.8 Å². The maximum absolute atomic E-state index is 9.60. The molecule has 1 aliphatic heterocycles. The summed E-state index contributed by atoms with van der Waals surface area (Å²) in [5, 5.41) is 10.3. The predicted octanol–water partition coefficient (Wildman–Crippen LogP) is 2.51. The van der Waals surface area contributed by atoms with Gasteiger partial charge in [0.15, 0.2) is 0 Å². The zero-order valence-corrected chi connectivity index (χ0v) is 11.2. The smallest absolute Gasteiger partial charge is 0.129 e. The van der Waals surface area contributed by atoms with Crippen LogP contribution in [0.1, 0.15) is 33.6 Å². The van der Waals surface area contributed by atoms with E-state index in [4.69, 9.17) is 4.74 Å². The Morgan fingerprint density at radius 2 is 2.12 bits per heavy atom. The highest BCUT2D eigenvalue weighted by Crippen LogP contribution is 2.64. The van der Waals surface area contributed by atoms with Crippen molar-refractivity contribution in [2.45, 2.75) is 50.4 Å². The van der Waals surface area contributed by atoms with E-state index in [-0.39, 0.29) is 11.5 Å². The Morgan fingerprint density at radius 3 is 2.75 bits per heavy atom. The highest BCUT2D eigenvalue weighted by Gasteiger charge is 2.59. The van der Waals surface area contributed by atoms with Gasteiger partial charge >= 0.3 is 0 Å². The molecule has 4 aliphatic rings. The average Bonchev–Trinajstić information content (AvgIpc) is 2.27. The minimum atomic E-state index is -0.336. The molecule has 3 saturated carbocycles. The number of aliphatic hydroxyl groups is 1. The first-order chi connectivity index (χ1) is 7.50. The third kappa shape index (κ3) is 1.48. The van der Waals surface area contributed by atoms with Gasteiger partial charge in [-0.2, -0.15) is 0 Å². The molecule has 1 N–H and O–H groups in total. The molecule has 0 aromatic heterocycles. The van der Waals surface area contributed by atoms with E-state index < -0.39 is 0 Å². The second kappa shape index (κ2) is 3.63. The fourth-order valence-electron chi connectivity index (χ4n) is 3.95. The van der Waals surface area contributed by atoms with Crippen LogP contribution in [0.25, 0.3) is 0 Å². The Bertz CT molecular complexity index is 286. The Kier molecular flexibility index (Phi) is 2.58. The molecular weight excluding hydrogens is 220 g/mol. The van der Waals surface area contributed by atoms with Crippen molar-refractivity contribution in [2.24, 2.45) is 23.2 Å². The number of hydrogen-bond acceptors (Lipinski definition) is 3. The molecule has 3 heteroatoms. The SMILES string of the molecule is C[C@H](O)[C@@H]1OC[C@@H]2[C@H](C[C@H]3C[C@@H]2C3(C)C)S1. The van der Waals surface area contributed by atoms with E-state index in [2.05, 4.69) is 13.8 Å². The highest BCUT2D eigenvalue weighted by molar-refractivity contribution is 8.00. The van der Waals surface area contributed by atoms with Gasteiger partial charge in [0, 0.05) is 5.25 Å². The summed E-state index contributed by atoms with van der Waals surface area (Å²) in [5.74, 6) is 2.51. The van der Waals surface area contributed by atoms with Crippen LogP contribution in [0.3, 0.4) is 0 Å². The first-order valence-electron chi connectivity index (χ1n) is 6.45. The molecule has 0 radical (unpaired) electrons. The van der Waals surface area contributed by atoms with Gasteiger partial charge in [-0.05, 0) is 42.9 Å². The monoisotopic (exact) mass is 242 g/mol. The summed E-state index contributed by atoms with van der Waals surface area (Å²) in [5.41, 5.74) is 0.560. The van der Waals surface area contributed by atoms with Crippen molar-refractivity contribution in [1.82, 2.24) is 0 Å². The number of aliphatic hydroxyl groups excluding tert-OH is 1. The molecule has 2 bridgehead atoms. The lowest BCUT2D eigenvalue weighted by atomic mass is 9.45. The van der Waals surface area contributed by atoms with Gasteiger partial charge in [-0.25, -0.2) is 0 Å². The number of ether oxygens (including phenoxy) is 1. The highest BCUT2D eigenvalue weighted by atomic mass is 32.2. The maximum atomic E-state index is 9.60. The second-order valence-electron chi connectivity index (χ2n) is 6.38. The van der Waals surface area contributed by atoms with Crippen LogP contribution >= 0.6 is 11.8 Å². The van der Waals surface area contributed by atoms with Crippen LogP contribution in [0.2, 0.25) is 0 Å². The van der Waals surface area contributed by atoms with Crippen LogP contribution in [0.15, 0.2) is 0 Å². The van der Waals surface area contributed by atoms with E-state index in [1.807, 2.05) is 18.7 Å². The van der Waals surface area contributed by atoms with Gasteiger partial charge in [0.25, 0.3) is 0 Å². The third-order valence-electron chi connectivity index (χ3n) is 5.21. The van der Waals surface area contributed by atoms with E-state index in [9.17, 15) is 5.11 Å². The van der Waals surface area contributed by atoms with E-state index in [0.29, 0.717) is 5.41 Å². The summed E-state index contributed by atoms with van der Waals surface area (Å²) in [4.78, 5) is 0. The van der Waals surface area contributed by atoms with Crippen molar-refractivity contribution in [2.75, 3.05) is 6.61 Å². The summed E-state index contributed by atoms with van der Waals surface area (Å²) in [6.45, 7) is 7.56. The van der Waals surface area contributed by atoms with Crippen LogP contribution in [0, 0.1) is 23.2 Å². The lowest BCUT2D eigenvalue weighted by molar-refractivity contribution is -0.134. The zero-order valence-electron chi connectivity index (χ0n) is 10.3. The Labute approximate surface area is 102 Å². The summed E-state index contributed by atoms with van der Waals surface area (Å²) in [6, 6.07) is 0. The van der Waals surface area contributed by atoms with Crippen LogP contribution in [-0.4, -0.2) is 28.5 Å². The van der Waals surface area contributed by atoms with Crippen LogP contribution in [0.5, 0.6) is 0 Å². The summed E-state index contributed by atoms with van der Waals surface area (Å²) >= 11 is 1.89. The molecule has 4 rings (SSSR count). The first-order valence-corrected chi connectivity index (χ1v) is 7.39. The van der Waals surface area contributed by atoms with Crippen molar-refractivity contribution < 1.29 is 9.84 Å². The van der Waals surface area contributed by atoms with E-state index >= 15 is 0 Å². The molecule has 3 aliphatic carbocycles. The molecule has 2 nitrogen and oxygen atoms in total. The van der Waals surface area contributed by atoms with Gasteiger partial charge in [0.1, 0.15) is 5.44 Å². The molecule has 0 unspecified atom stereocenters. The van der Waals surface area contributed by atoms with Gasteiger partial charge in [-0.3, -0.25) is 0 Å². The van der Waals surface area contributed by atoms with Crippen molar-refractivity contribution in [3.8, 4) is 0 Å². The normalized spacial score (nSPS) is 51.4. The molecule has 0 aromatic rings. The number of thioether (sulfide) groups is 1. The molecule has 0 aromatic carbocycles. The topological polar surface area (TPSA) is 29.5 Å². The van der Waals surface area contributed by atoms with Gasteiger partial charge in [0.05, 0.1) is 12.7 Å². The minimum absolute atomic E-state index is 0.0156. The van der Waals surface area contributed by atoms with E-state index in [1.165, 1.54) is 12.8 Å². The van der Waals surface area contributed by atoms with E-state index in [0.717, 1.165) is 29.6 Å². The molecule has 1 saturated heterocycles. The van der Waals surface area contributed by atoms with Gasteiger partial charge in [0.2, 0.25) is 0 Å². The van der Waals surface area contributed by atoms with Crippen molar-refractivity contribution in [3.63, 3.8) is 0 Å². The number of hydrogen-bond donors (Lipinski definition) is 1. The summed E-state index contributed by atoms with van der Waals surface area (Å²) < 4.78 is 5.81. The molecule has 0 spiro atoms. The van der Waals surface area contributed by atoms with Crippen molar-refractivity contribution in [3.05, 3.63) is 0 Å². The largest absolute Gasteiger partial charge is 0.390 e. The molecule has 1 heterocycles. The van der Waals surface area contributed by atoms with Gasteiger partial charge < -0.3 is 9.84 Å². The fraction of sp³-hybridized carbons (Fsp3) is 1.00. The van der Waals surface area contributed by atoms with Crippen LogP contribution < -0.4 is 0 Å². The molecule has 92 valence electrons. The van der Waals surface area contributed by atoms with E-state index in [1.54, 1.807) is 0 Å². The average molecular weight is 242 g/mol. The Morgan fingerprint density at radius 1 is 1.38 bits per heavy atom. The predicted molar refractivity (Wildman–Crippen MR) is 66.3 cm³/mol. The second-order valence-corrected chi connectivity index (χ2v) is 7.72. The molecule has 16 heavy (non-hydrogen) atoms. The quantitative estimate of drug-likeness (QED) is 0.766. The zero-order chi connectivity index (χ0) is 11.5. The lowest BCUT2D eigenvalue weighted by Gasteiger charge is -2.63. The standard InChI is InChI=1S/C13H22O2S/c1-7(14)12-15-6-9-10-4-8(13(10,2)3)5-11(9)16-12/h7-12,14H,4-6H2,1-3H3/t7-,8+,9-,10-,11-,12+/m0/s1. The minimum Gasteiger partial charge on any atom is -0.390 e. The van der Waals surface area contributed by atoms with Crippen LogP contribution in [0.4, 0.5) is 0 Å².